The first-order valence-corrected chi connectivity index (χ1v) is 7.15. The summed E-state index contributed by atoms with van der Waals surface area (Å²) in [5.41, 5.74) is 2.13. The van der Waals surface area contributed by atoms with E-state index < -0.39 is 4.92 Å². The summed E-state index contributed by atoms with van der Waals surface area (Å²) in [5.74, 6) is 0.0776. The summed E-state index contributed by atoms with van der Waals surface area (Å²) >= 11 is 0. The molecule has 0 unspecified atom stereocenters. The number of nitrogens with zero attached hydrogens (tertiary/aromatic N) is 4. The van der Waals surface area contributed by atoms with Gasteiger partial charge >= 0.3 is 0 Å². The minimum atomic E-state index is -0.479. The fourth-order valence-corrected chi connectivity index (χ4v) is 2.34. The number of benzene rings is 1. The third-order valence-electron chi connectivity index (χ3n) is 3.63. The lowest BCUT2D eigenvalue weighted by atomic mass is 10.2. The van der Waals surface area contributed by atoms with Crippen LogP contribution in [0.3, 0.4) is 0 Å². The molecule has 8 heteroatoms. The monoisotopic (exact) mass is 327 g/mol. The molecule has 1 N–H and O–H groups in total. The zero-order valence-electron chi connectivity index (χ0n) is 13.0. The largest absolute Gasteiger partial charge is 0.337 e. The molecule has 2 aromatic heterocycles. The zero-order valence-corrected chi connectivity index (χ0v) is 13.0. The predicted octanol–water partition coefficient (Wildman–Crippen LogP) is 3.68. The van der Waals surface area contributed by atoms with Crippen LogP contribution in [0.4, 0.5) is 21.6 Å². The molecule has 0 fully saturated rings. The topological polar surface area (TPSA) is 85.9 Å². The van der Waals surface area contributed by atoms with Gasteiger partial charge in [0.25, 0.3) is 5.69 Å². The van der Waals surface area contributed by atoms with E-state index in [0.717, 1.165) is 0 Å². The van der Waals surface area contributed by atoms with E-state index in [0.29, 0.717) is 28.5 Å². The Morgan fingerprint density at radius 2 is 2.00 bits per heavy atom. The number of para-hydroxylation sites is 1. The molecule has 0 spiro atoms. The summed E-state index contributed by atoms with van der Waals surface area (Å²) in [6, 6.07) is 7.92. The van der Waals surface area contributed by atoms with Crippen LogP contribution in [0.5, 0.6) is 0 Å². The Labute approximate surface area is 136 Å². The van der Waals surface area contributed by atoms with Gasteiger partial charge in [-0.3, -0.25) is 10.1 Å². The molecule has 3 rings (SSSR count). The average Bonchev–Trinajstić information content (AvgIpc) is 2.88. The molecule has 0 aliphatic carbocycles. The number of aryl methyl sites for hydroxylation is 1. The van der Waals surface area contributed by atoms with E-state index in [2.05, 4.69) is 15.4 Å². The quantitative estimate of drug-likeness (QED) is 0.583. The lowest BCUT2D eigenvalue weighted by molar-refractivity contribution is -0.385. The minimum Gasteiger partial charge on any atom is -0.337 e. The lowest BCUT2D eigenvalue weighted by Crippen LogP contribution is -2.03. The van der Waals surface area contributed by atoms with Crippen LogP contribution in [-0.4, -0.2) is 19.7 Å². The Balaban J connectivity index is 1.91. The van der Waals surface area contributed by atoms with Gasteiger partial charge < -0.3 is 5.32 Å². The van der Waals surface area contributed by atoms with Crippen molar-refractivity contribution < 1.29 is 9.31 Å². The van der Waals surface area contributed by atoms with Gasteiger partial charge in [-0.2, -0.15) is 5.10 Å². The molecule has 0 aliphatic heterocycles. The maximum Gasteiger partial charge on any atom is 0.290 e. The van der Waals surface area contributed by atoms with Crippen molar-refractivity contribution in [1.82, 2.24) is 14.8 Å². The summed E-state index contributed by atoms with van der Waals surface area (Å²) in [6.07, 6.45) is 2.76. The van der Waals surface area contributed by atoms with Gasteiger partial charge in [-0.05, 0) is 32.0 Å². The van der Waals surface area contributed by atoms with Crippen molar-refractivity contribution in [2.75, 3.05) is 5.32 Å². The van der Waals surface area contributed by atoms with E-state index >= 15 is 0 Å². The molecule has 122 valence electrons. The first-order valence-electron chi connectivity index (χ1n) is 7.15. The lowest BCUT2D eigenvalue weighted by Gasteiger charge is -2.08. The fourth-order valence-electron chi connectivity index (χ4n) is 2.34. The van der Waals surface area contributed by atoms with Crippen molar-refractivity contribution in [2.45, 2.75) is 13.8 Å². The molecule has 0 radical (unpaired) electrons. The Morgan fingerprint density at radius 1 is 1.25 bits per heavy atom. The maximum atomic E-state index is 13.9. The standard InChI is InChI=1S/C16H14FN5O2/c1-10-7-16(18-9-15(10)22(23)24)20-13-8-19-21(11(13)2)14-6-4-3-5-12(14)17/h3-9H,1-2H3,(H,18,20). The van der Waals surface area contributed by atoms with Crippen molar-refractivity contribution in [3.63, 3.8) is 0 Å². The van der Waals surface area contributed by atoms with E-state index in [1.807, 2.05) is 0 Å². The number of rotatable bonds is 4. The third kappa shape index (κ3) is 2.81. The maximum absolute atomic E-state index is 13.9. The van der Waals surface area contributed by atoms with Gasteiger partial charge in [0.1, 0.15) is 23.5 Å². The van der Waals surface area contributed by atoms with Crippen LogP contribution in [-0.2, 0) is 0 Å². The van der Waals surface area contributed by atoms with E-state index in [1.54, 1.807) is 44.3 Å². The molecular weight excluding hydrogens is 313 g/mol. The molecule has 3 aromatic rings. The van der Waals surface area contributed by atoms with Crippen LogP contribution in [0.2, 0.25) is 0 Å². The Morgan fingerprint density at radius 3 is 2.67 bits per heavy atom. The van der Waals surface area contributed by atoms with Gasteiger partial charge in [0.05, 0.1) is 22.5 Å². The molecule has 0 saturated carbocycles. The van der Waals surface area contributed by atoms with E-state index in [-0.39, 0.29) is 11.5 Å². The highest BCUT2D eigenvalue weighted by Gasteiger charge is 2.14. The summed E-state index contributed by atoms with van der Waals surface area (Å²) in [5, 5.41) is 18.1. The van der Waals surface area contributed by atoms with Crippen LogP contribution in [0.25, 0.3) is 5.69 Å². The molecular formula is C16H14FN5O2. The van der Waals surface area contributed by atoms with Gasteiger partial charge in [-0.1, -0.05) is 12.1 Å². The van der Waals surface area contributed by atoms with Gasteiger partial charge in [-0.15, -0.1) is 0 Å². The molecule has 1 aromatic carbocycles. The number of hydrogen-bond donors (Lipinski definition) is 1. The number of pyridine rings is 1. The Hall–Kier alpha value is -3.29. The van der Waals surface area contributed by atoms with Crippen molar-refractivity contribution in [3.8, 4) is 5.69 Å². The molecule has 24 heavy (non-hydrogen) atoms. The second-order valence-corrected chi connectivity index (χ2v) is 5.25. The van der Waals surface area contributed by atoms with Gasteiger partial charge in [-0.25, -0.2) is 14.1 Å². The summed E-state index contributed by atoms with van der Waals surface area (Å²) in [4.78, 5) is 14.4. The molecule has 0 atom stereocenters. The first kappa shape index (κ1) is 15.6. The molecule has 2 heterocycles. The molecule has 7 nitrogen and oxygen atoms in total. The van der Waals surface area contributed by atoms with E-state index in [4.69, 9.17) is 0 Å². The average molecular weight is 327 g/mol. The van der Waals surface area contributed by atoms with E-state index in [1.165, 1.54) is 16.9 Å². The van der Waals surface area contributed by atoms with Gasteiger partial charge in [0.15, 0.2) is 0 Å². The molecule has 0 bridgehead atoms. The smallest absolute Gasteiger partial charge is 0.290 e. The number of anilines is 2. The summed E-state index contributed by atoms with van der Waals surface area (Å²) < 4.78 is 15.4. The highest BCUT2D eigenvalue weighted by molar-refractivity contribution is 5.61. The van der Waals surface area contributed by atoms with Crippen LogP contribution in [0, 0.1) is 29.8 Å². The van der Waals surface area contributed by atoms with Crippen molar-refractivity contribution >= 4 is 17.2 Å². The van der Waals surface area contributed by atoms with E-state index in [9.17, 15) is 14.5 Å². The number of aromatic nitrogens is 3. The number of nitro groups is 1. The van der Waals surface area contributed by atoms with Gasteiger partial charge in [0, 0.05) is 5.56 Å². The van der Waals surface area contributed by atoms with Crippen LogP contribution in [0.1, 0.15) is 11.3 Å². The second kappa shape index (κ2) is 6.07. The normalized spacial score (nSPS) is 10.6. The zero-order chi connectivity index (χ0) is 17.3. The first-order chi connectivity index (χ1) is 11.5. The van der Waals surface area contributed by atoms with Crippen LogP contribution < -0.4 is 5.32 Å². The Bertz CT molecular complexity index is 923. The van der Waals surface area contributed by atoms with Crippen molar-refractivity contribution in [1.29, 1.82) is 0 Å². The SMILES string of the molecule is Cc1cc(Nc2cnn(-c3ccccc3F)c2C)ncc1[N+](=O)[O-]. The van der Waals surface area contributed by atoms with Crippen LogP contribution in [0.15, 0.2) is 42.7 Å². The molecule has 0 aliphatic rings. The summed E-state index contributed by atoms with van der Waals surface area (Å²) in [6.45, 7) is 3.43. The van der Waals surface area contributed by atoms with Crippen LogP contribution >= 0.6 is 0 Å². The second-order valence-electron chi connectivity index (χ2n) is 5.25. The minimum absolute atomic E-state index is 0.0423. The molecule has 0 amide bonds. The highest BCUT2D eigenvalue weighted by atomic mass is 19.1. The fraction of sp³-hybridized carbons (Fsp3) is 0.125. The van der Waals surface area contributed by atoms with Crippen molar-refractivity contribution in [2.24, 2.45) is 0 Å². The molecule has 0 saturated heterocycles. The van der Waals surface area contributed by atoms with Gasteiger partial charge in [0.2, 0.25) is 0 Å². The summed E-state index contributed by atoms with van der Waals surface area (Å²) in [7, 11) is 0. The highest BCUT2D eigenvalue weighted by Crippen LogP contribution is 2.25. The third-order valence-corrected chi connectivity index (χ3v) is 3.63. The Kier molecular flexibility index (Phi) is 3.95. The predicted molar refractivity (Wildman–Crippen MR) is 87.2 cm³/mol. The number of halogens is 1. The number of nitrogens with one attached hydrogen (secondary N) is 1. The van der Waals surface area contributed by atoms with Crippen molar-refractivity contribution in [3.05, 3.63) is 69.9 Å². The number of hydrogen-bond acceptors (Lipinski definition) is 5.